The molecule has 1 aromatic carbocycles. The Balaban J connectivity index is 2.72. The molecule has 0 aliphatic heterocycles. The molecular formula is C15H22N2O3. The summed E-state index contributed by atoms with van der Waals surface area (Å²) in [6.07, 6.45) is 0.811. The topological polar surface area (TPSA) is 81.4 Å². The van der Waals surface area contributed by atoms with Gasteiger partial charge < -0.3 is 15.8 Å². The van der Waals surface area contributed by atoms with E-state index in [0.717, 1.165) is 0 Å². The normalized spacial score (nSPS) is 12.6. The highest BCUT2D eigenvalue weighted by Crippen LogP contribution is 2.15. The third-order valence-electron chi connectivity index (χ3n) is 2.87. The number of hydrogen-bond donors (Lipinski definition) is 2. The maximum atomic E-state index is 11.9. The molecule has 20 heavy (non-hydrogen) atoms. The zero-order valence-corrected chi connectivity index (χ0v) is 12.2. The summed E-state index contributed by atoms with van der Waals surface area (Å²) in [5.41, 5.74) is 6.12. The van der Waals surface area contributed by atoms with Crippen LogP contribution in [0.2, 0.25) is 0 Å². The SMILES string of the molecule is COC(=O)C(NC(=O)CCC(C)(C)N)c1ccccc1. The molecule has 1 unspecified atom stereocenters. The first-order valence-electron chi connectivity index (χ1n) is 6.54. The minimum absolute atomic E-state index is 0.220. The van der Waals surface area contributed by atoms with Crippen LogP contribution in [0.1, 0.15) is 38.3 Å². The number of nitrogens with one attached hydrogen (secondary N) is 1. The van der Waals surface area contributed by atoms with Crippen molar-refractivity contribution in [3.63, 3.8) is 0 Å². The molecule has 3 N–H and O–H groups in total. The molecular weight excluding hydrogens is 256 g/mol. The Bertz CT molecular complexity index is 452. The van der Waals surface area contributed by atoms with Crippen LogP contribution in [-0.4, -0.2) is 24.5 Å². The van der Waals surface area contributed by atoms with Crippen LogP contribution in [0.15, 0.2) is 30.3 Å². The van der Waals surface area contributed by atoms with Crippen LogP contribution in [0.5, 0.6) is 0 Å². The van der Waals surface area contributed by atoms with E-state index in [1.165, 1.54) is 7.11 Å². The molecule has 1 rings (SSSR count). The van der Waals surface area contributed by atoms with Gasteiger partial charge in [0.05, 0.1) is 7.11 Å². The standard InChI is InChI=1S/C15H22N2O3/c1-15(2,16)10-9-12(18)17-13(14(19)20-3)11-7-5-4-6-8-11/h4-8,13H,9-10,16H2,1-3H3,(H,17,18). The van der Waals surface area contributed by atoms with Crippen molar-refractivity contribution in [1.82, 2.24) is 5.32 Å². The van der Waals surface area contributed by atoms with Gasteiger partial charge in [0.15, 0.2) is 6.04 Å². The number of carbonyl (C=O) groups excluding carboxylic acids is 2. The summed E-state index contributed by atoms with van der Waals surface area (Å²) in [6.45, 7) is 3.71. The summed E-state index contributed by atoms with van der Waals surface area (Å²) >= 11 is 0. The third-order valence-corrected chi connectivity index (χ3v) is 2.87. The first-order valence-corrected chi connectivity index (χ1v) is 6.54. The molecule has 0 aliphatic carbocycles. The number of nitrogens with two attached hydrogens (primary N) is 1. The Morgan fingerprint density at radius 1 is 1.30 bits per heavy atom. The van der Waals surface area contributed by atoms with Gasteiger partial charge in [0.1, 0.15) is 0 Å². The second-order valence-corrected chi connectivity index (χ2v) is 5.42. The van der Waals surface area contributed by atoms with E-state index in [1.807, 2.05) is 19.9 Å². The molecule has 0 aliphatic rings. The number of ether oxygens (including phenoxy) is 1. The molecule has 1 amide bonds. The predicted molar refractivity (Wildman–Crippen MR) is 76.8 cm³/mol. The summed E-state index contributed by atoms with van der Waals surface area (Å²) in [5.74, 6) is -0.709. The minimum atomic E-state index is -0.783. The predicted octanol–water partition coefficient (Wildman–Crippen LogP) is 1.53. The molecule has 0 spiro atoms. The van der Waals surface area contributed by atoms with Gasteiger partial charge in [-0.25, -0.2) is 4.79 Å². The van der Waals surface area contributed by atoms with Crippen LogP contribution >= 0.6 is 0 Å². The van der Waals surface area contributed by atoms with E-state index in [0.29, 0.717) is 12.0 Å². The van der Waals surface area contributed by atoms with E-state index in [4.69, 9.17) is 10.5 Å². The summed E-state index contributed by atoms with van der Waals surface area (Å²) in [7, 11) is 1.30. The molecule has 0 saturated heterocycles. The van der Waals surface area contributed by atoms with E-state index in [9.17, 15) is 9.59 Å². The summed E-state index contributed by atoms with van der Waals surface area (Å²) in [4.78, 5) is 23.7. The fraction of sp³-hybridized carbons (Fsp3) is 0.467. The lowest BCUT2D eigenvalue weighted by atomic mass is 9.99. The Morgan fingerprint density at radius 2 is 1.90 bits per heavy atom. The molecule has 0 heterocycles. The van der Waals surface area contributed by atoms with Crippen molar-refractivity contribution < 1.29 is 14.3 Å². The van der Waals surface area contributed by atoms with E-state index in [1.54, 1.807) is 24.3 Å². The van der Waals surface area contributed by atoms with Gasteiger partial charge >= 0.3 is 5.97 Å². The maximum Gasteiger partial charge on any atom is 0.333 e. The Kier molecular flexibility index (Phi) is 5.70. The maximum absolute atomic E-state index is 11.9. The van der Waals surface area contributed by atoms with Gasteiger partial charge in [-0.2, -0.15) is 0 Å². The first kappa shape index (κ1) is 16.2. The van der Waals surface area contributed by atoms with Crippen LogP contribution in [0.25, 0.3) is 0 Å². The second-order valence-electron chi connectivity index (χ2n) is 5.42. The number of benzene rings is 1. The number of carbonyl (C=O) groups is 2. The minimum Gasteiger partial charge on any atom is -0.467 e. The van der Waals surface area contributed by atoms with Gasteiger partial charge in [0.2, 0.25) is 5.91 Å². The molecule has 110 valence electrons. The molecule has 1 atom stereocenters. The quantitative estimate of drug-likeness (QED) is 0.773. The van der Waals surface area contributed by atoms with Crippen molar-refractivity contribution in [2.45, 2.75) is 38.3 Å². The average molecular weight is 278 g/mol. The summed E-state index contributed by atoms with van der Waals surface area (Å²) in [5, 5.41) is 2.69. The van der Waals surface area contributed by atoms with Crippen LogP contribution in [0.4, 0.5) is 0 Å². The molecule has 5 nitrogen and oxygen atoms in total. The van der Waals surface area contributed by atoms with Gasteiger partial charge in [-0.05, 0) is 25.8 Å². The van der Waals surface area contributed by atoms with Gasteiger partial charge in [0, 0.05) is 12.0 Å². The Labute approximate surface area is 119 Å². The molecule has 0 radical (unpaired) electrons. The Hall–Kier alpha value is -1.88. The van der Waals surface area contributed by atoms with Gasteiger partial charge in [-0.15, -0.1) is 0 Å². The van der Waals surface area contributed by atoms with Crippen LogP contribution in [0, 0.1) is 0 Å². The number of amides is 1. The molecule has 0 fully saturated rings. The number of methoxy groups -OCH3 is 1. The van der Waals surface area contributed by atoms with Crippen molar-refractivity contribution in [2.75, 3.05) is 7.11 Å². The van der Waals surface area contributed by atoms with E-state index in [-0.39, 0.29) is 12.3 Å². The van der Waals surface area contributed by atoms with Crippen molar-refractivity contribution in [2.24, 2.45) is 5.73 Å². The molecule has 1 aromatic rings. The van der Waals surface area contributed by atoms with Crippen molar-refractivity contribution in [3.8, 4) is 0 Å². The molecule has 0 saturated carbocycles. The van der Waals surface area contributed by atoms with Gasteiger partial charge in [0.25, 0.3) is 0 Å². The fourth-order valence-corrected chi connectivity index (χ4v) is 1.71. The number of esters is 1. The van der Waals surface area contributed by atoms with Gasteiger partial charge in [-0.3, -0.25) is 4.79 Å². The molecule has 0 aromatic heterocycles. The second kappa shape index (κ2) is 7.05. The van der Waals surface area contributed by atoms with Crippen molar-refractivity contribution in [3.05, 3.63) is 35.9 Å². The first-order chi connectivity index (χ1) is 9.33. The average Bonchev–Trinajstić information content (AvgIpc) is 2.42. The lowest BCUT2D eigenvalue weighted by Crippen LogP contribution is -2.37. The lowest BCUT2D eigenvalue weighted by molar-refractivity contribution is -0.145. The Morgan fingerprint density at radius 3 is 2.40 bits per heavy atom. The largest absolute Gasteiger partial charge is 0.467 e. The lowest BCUT2D eigenvalue weighted by Gasteiger charge is -2.20. The highest BCUT2D eigenvalue weighted by atomic mass is 16.5. The van der Waals surface area contributed by atoms with Crippen LogP contribution in [0.3, 0.4) is 0 Å². The zero-order chi connectivity index (χ0) is 15.2. The zero-order valence-electron chi connectivity index (χ0n) is 12.2. The third kappa shape index (κ3) is 5.40. The van der Waals surface area contributed by atoms with E-state index in [2.05, 4.69) is 5.32 Å². The highest BCUT2D eigenvalue weighted by Gasteiger charge is 2.24. The summed E-state index contributed by atoms with van der Waals surface area (Å²) in [6, 6.07) is 8.22. The fourth-order valence-electron chi connectivity index (χ4n) is 1.71. The number of hydrogen-bond acceptors (Lipinski definition) is 4. The van der Waals surface area contributed by atoms with E-state index >= 15 is 0 Å². The van der Waals surface area contributed by atoms with Crippen LogP contribution < -0.4 is 11.1 Å². The van der Waals surface area contributed by atoms with Crippen molar-refractivity contribution >= 4 is 11.9 Å². The van der Waals surface area contributed by atoms with Gasteiger partial charge in [-0.1, -0.05) is 30.3 Å². The highest BCUT2D eigenvalue weighted by molar-refractivity contribution is 5.85. The molecule has 5 heteroatoms. The molecule has 0 bridgehead atoms. The van der Waals surface area contributed by atoms with E-state index < -0.39 is 17.6 Å². The van der Waals surface area contributed by atoms with Crippen molar-refractivity contribution in [1.29, 1.82) is 0 Å². The number of rotatable bonds is 6. The van der Waals surface area contributed by atoms with Crippen LogP contribution in [-0.2, 0) is 14.3 Å². The summed E-state index contributed by atoms with van der Waals surface area (Å²) < 4.78 is 4.73. The monoisotopic (exact) mass is 278 g/mol. The smallest absolute Gasteiger partial charge is 0.333 e.